The lowest BCUT2D eigenvalue weighted by molar-refractivity contribution is 0.491. The number of rotatable bonds is 2. The average molecular weight is 135 g/mol. The summed E-state index contributed by atoms with van der Waals surface area (Å²) in [7, 11) is 1.69. The van der Waals surface area contributed by atoms with Crippen molar-refractivity contribution < 1.29 is 4.39 Å². The van der Waals surface area contributed by atoms with Crippen molar-refractivity contribution in [1.82, 2.24) is 10.6 Å². The molecule has 0 unspecified atom stereocenters. The van der Waals surface area contributed by atoms with Gasteiger partial charge in [-0.2, -0.15) is 0 Å². The Bertz CT molecular complexity index is 76.4. The third-order valence-corrected chi connectivity index (χ3v) is 0.956. The summed E-state index contributed by atoms with van der Waals surface area (Å²) in [5.74, 6) is 0. The van der Waals surface area contributed by atoms with E-state index in [-0.39, 0.29) is 6.67 Å². The van der Waals surface area contributed by atoms with E-state index >= 15 is 0 Å². The van der Waals surface area contributed by atoms with Crippen molar-refractivity contribution in [2.45, 2.75) is 0 Å². The number of hydrogen-bond acceptors (Lipinski definition) is 1. The Morgan fingerprint density at radius 3 is 2.75 bits per heavy atom. The first-order valence-corrected chi connectivity index (χ1v) is 2.73. The highest BCUT2D eigenvalue weighted by Crippen LogP contribution is 1.64. The Labute approximate surface area is 53.5 Å². The van der Waals surface area contributed by atoms with E-state index in [0.717, 1.165) is 0 Å². The van der Waals surface area contributed by atoms with Gasteiger partial charge in [-0.25, -0.2) is 4.39 Å². The highest BCUT2D eigenvalue weighted by atomic mass is 32.1. The molecule has 0 aromatic heterocycles. The molecular weight excluding hydrogens is 126 g/mol. The minimum absolute atomic E-state index is 0.291. The van der Waals surface area contributed by atoms with Gasteiger partial charge in [0.05, 0.1) is 0 Å². The van der Waals surface area contributed by atoms with E-state index in [4.69, 9.17) is 0 Å². The molecule has 2 N–H and O–H groups in total. The van der Waals surface area contributed by atoms with Gasteiger partial charge in [0.2, 0.25) is 0 Å². The lowest BCUT2D eigenvalue weighted by Gasteiger charge is -2.01. The molecule has 0 saturated heterocycles. The second-order valence-electron chi connectivity index (χ2n) is 1.19. The zero-order chi connectivity index (χ0) is 6.41. The summed E-state index contributed by atoms with van der Waals surface area (Å²) in [4.78, 5) is 0. The minimum Gasteiger partial charge on any atom is -0.366 e. The first kappa shape index (κ1) is 7.62. The molecule has 0 radical (unpaired) electrons. The molecule has 2 nitrogen and oxygen atoms in total. The van der Waals surface area contributed by atoms with E-state index in [1.807, 2.05) is 0 Å². The summed E-state index contributed by atoms with van der Waals surface area (Å²) in [5, 5.41) is 5.77. The highest BCUT2D eigenvalue weighted by Gasteiger charge is 1.85. The normalized spacial score (nSPS) is 8.25. The molecule has 0 amide bonds. The van der Waals surface area contributed by atoms with Crippen LogP contribution in [0, 0.1) is 0 Å². The summed E-state index contributed by atoms with van der Waals surface area (Å²) in [6.45, 7) is -0.0957. The maximum atomic E-state index is 11.3. The number of hydrogen-bond donors (Lipinski definition) is 2. The minimum atomic E-state index is -0.387. The van der Waals surface area contributed by atoms with Gasteiger partial charge in [0, 0.05) is 13.6 Å². The van der Waals surface area contributed by atoms with Gasteiger partial charge < -0.3 is 10.6 Å². The molecule has 0 rings (SSSR count). The van der Waals surface area contributed by atoms with Crippen LogP contribution in [0.3, 0.4) is 0 Å². The van der Waals surface area contributed by atoms with Gasteiger partial charge in [0.1, 0.15) is 6.67 Å². The van der Waals surface area contributed by atoms with E-state index < -0.39 is 0 Å². The number of alkyl halides is 1. The van der Waals surface area contributed by atoms with Crippen molar-refractivity contribution in [3.8, 4) is 0 Å². The summed E-state index contributed by atoms with van der Waals surface area (Å²) in [5.41, 5.74) is 0. The van der Waals surface area contributed by atoms with Crippen molar-refractivity contribution in [1.29, 1.82) is 0 Å². The molecule has 0 aliphatic heterocycles. The van der Waals surface area contributed by atoms with Crippen LogP contribution in [0.25, 0.3) is 0 Å². The van der Waals surface area contributed by atoms with Crippen molar-refractivity contribution in [2.24, 2.45) is 0 Å². The van der Waals surface area contributed by atoms with Crippen molar-refractivity contribution in [3.05, 3.63) is 0 Å². The molecule has 0 aliphatic carbocycles. The summed E-state index contributed by atoms with van der Waals surface area (Å²) < 4.78 is 11.3. The second-order valence-corrected chi connectivity index (χ2v) is 1.60. The molecule has 0 fully saturated rings. The first-order chi connectivity index (χ1) is 3.81. The van der Waals surface area contributed by atoms with Gasteiger partial charge in [0.25, 0.3) is 0 Å². The second kappa shape index (κ2) is 4.77. The summed E-state index contributed by atoms with van der Waals surface area (Å²) >= 11 is 4.63. The van der Waals surface area contributed by atoms with Crippen LogP contribution in [0.4, 0.5) is 4.39 Å². The molecule has 0 heterocycles. The molecular formula is C4H9FN2S. The van der Waals surface area contributed by atoms with Gasteiger partial charge in [-0.3, -0.25) is 0 Å². The Hall–Kier alpha value is -0.380. The topological polar surface area (TPSA) is 24.1 Å². The Balaban J connectivity index is 2.99. The Morgan fingerprint density at radius 1 is 1.75 bits per heavy atom. The van der Waals surface area contributed by atoms with Gasteiger partial charge in [-0.05, 0) is 12.2 Å². The predicted octanol–water partition coefficient (Wildman–Crippen LogP) is 0.0498. The third-order valence-electron chi connectivity index (χ3n) is 0.607. The maximum Gasteiger partial charge on any atom is 0.166 e. The molecule has 8 heavy (non-hydrogen) atoms. The van der Waals surface area contributed by atoms with Crippen LogP contribution in [0.1, 0.15) is 0 Å². The monoisotopic (exact) mass is 135 g/mol. The largest absolute Gasteiger partial charge is 0.366 e. The number of thiocarbonyl (C=S) groups is 1. The van der Waals surface area contributed by atoms with Crippen LogP contribution >= 0.6 is 12.2 Å². The summed E-state index contributed by atoms with van der Waals surface area (Å²) in [6.07, 6.45) is 0. The Morgan fingerprint density at radius 2 is 2.38 bits per heavy atom. The average Bonchev–Trinajstić information content (AvgIpc) is 1.83. The number of nitrogens with one attached hydrogen (secondary N) is 2. The number of halogens is 1. The molecule has 0 aromatic carbocycles. The van der Waals surface area contributed by atoms with E-state index in [1.165, 1.54) is 0 Å². The fourth-order valence-corrected chi connectivity index (χ4v) is 0.351. The van der Waals surface area contributed by atoms with Gasteiger partial charge in [-0.15, -0.1) is 0 Å². The van der Waals surface area contributed by atoms with Gasteiger partial charge in [-0.1, -0.05) is 0 Å². The predicted molar refractivity (Wildman–Crippen MR) is 35.6 cm³/mol. The molecule has 48 valence electrons. The fraction of sp³-hybridized carbons (Fsp3) is 0.750. The maximum absolute atomic E-state index is 11.3. The molecule has 0 saturated carbocycles. The van der Waals surface area contributed by atoms with Crippen LogP contribution in [0.5, 0.6) is 0 Å². The van der Waals surface area contributed by atoms with Crippen LogP contribution in [0.15, 0.2) is 0 Å². The van der Waals surface area contributed by atoms with Gasteiger partial charge >= 0.3 is 0 Å². The quantitative estimate of drug-likeness (QED) is 0.523. The smallest absolute Gasteiger partial charge is 0.166 e. The van der Waals surface area contributed by atoms with Crippen LogP contribution in [-0.4, -0.2) is 25.4 Å². The molecule has 0 aliphatic rings. The van der Waals surface area contributed by atoms with Crippen molar-refractivity contribution in [2.75, 3.05) is 20.3 Å². The molecule has 0 bridgehead atoms. The lowest BCUT2D eigenvalue weighted by Crippen LogP contribution is -2.33. The zero-order valence-electron chi connectivity index (χ0n) is 4.70. The summed E-state index contributed by atoms with van der Waals surface area (Å²) in [6, 6.07) is 0. The third kappa shape index (κ3) is 3.80. The van der Waals surface area contributed by atoms with E-state index in [0.29, 0.717) is 11.7 Å². The van der Waals surface area contributed by atoms with Crippen LogP contribution in [0.2, 0.25) is 0 Å². The standard InChI is InChI=1S/C4H9FN2S/c1-6-4(8)7-3-2-5/h2-3H2,1H3,(H2,6,7,8)/i5-1. The molecule has 0 spiro atoms. The van der Waals surface area contributed by atoms with E-state index in [9.17, 15) is 4.39 Å². The first-order valence-electron chi connectivity index (χ1n) is 2.32. The van der Waals surface area contributed by atoms with E-state index in [2.05, 4.69) is 22.9 Å². The van der Waals surface area contributed by atoms with E-state index in [1.54, 1.807) is 7.05 Å². The lowest BCUT2D eigenvalue weighted by atomic mass is 10.7. The van der Waals surface area contributed by atoms with Crippen molar-refractivity contribution in [3.63, 3.8) is 0 Å². The van der Waals surface area contributed by atoms with Crippen LogP contribution < -0.4 is 10.6 Å². The molecule has 0 aromatic rings. The molecule has 4 heteroatoms. The van der Waals surface area contributed by atoms with Crippen LogP contribution in [-0.2, 0) is 0 Å². The SMILES string of the molecule is CNC(=S)NCC[18F]. The molecule has 0 atom stereocenters. The van der Waals surface area contributed by atoms with Gasteiger partial charge in [0.15, 0.2) is 5.11 Å². The highest BCUT2D eigenvalue weighted by molar-refractivity contribution is 7.80. The fourth-order valence-electron chi connectivity index (χ4n) is 0.249. The Kier molecular flexibility index (Phi) is 4.54. The zero-order valence-corrected chi connectivity index (χ0v) is 5.52. The van der Waals surface area contributed by atoms with Crippen molar-refractivity contribution >= 4 is 17.3 Å².